The normalized spacial score (nSPS) is 10.5. The van der Waals surface area contributed by atoms with Crippen LogP contribution < -0.4 is 10.5 Å². The molecule has 3 N–H and O–H groups in total. The van der Waals surface area contributed by atoms with Crippen molar-refractivity contribution in [1.29, 1.82) is 0 Å². The van der Waals surface area contributed by atoms with Crippen LogP contribution in [0.2, 0.25) is 0 Å². The Morgan fingerprint density at radius 2 is 2.06 bits per heavy atom. The van der Waals surface area contributed by atoms with Gasteiger partial charge in [-0.1, -0.05) is 18.1 Å². The molecule has 0 aliphatic heterocycles. The van der Waals surface area contributed by atoms with Crippen LogP contribution in [0.15, 0.2) is 29.2 Å². The monoisotopic (exact) mass is 238 g/mol. The van der Waals surface area contributed by atoms with Gasteiger partial charge in [0.2, 0.25) is 10.0 Å². The number of hydrogen-bond donors (Lipinski definition) is 2. The number of sulfonamides is 1. The molecule has 0 atom stereocenters. The van der Waals surface area contributed by atoms with E-state index in [2.05, 4.69) is 11.2 Å². The van der Waals surface area contributed by atoms with E-state index >= 15 is 0 Å². The molecule has 0 radical (unpaired) electrons. The first-order chi connectivity index (χ1) is 7.46. The van der Waals surface area contributed by atoms with E-state index in [0.29, 0.717) is 0 Å². The summed E-state index contributed by atoms with van der Waals surface area (Å²) in [5.41, 5.74) is -0.0137. The van der Waals surface area contributed by atoms with Crippen molar-refractivity contribution in [2.45, 2.75) is 4.90 Å². The summed E-state index contributed by atoms with van der Waals surface area (Å²) in [6.45, 7) is 0.0256. The Hall–Kier alpha value is -1.84. The van der Waals surface area contributed by atoms with E-state index in [1.165, 1.54) is 18.2 Å². The number of benzene rings is 1. The van der Waals surface area contributed by atoms with Crippen LogP contribution in [-0.2, 0) is 10.0 Å². The first-order valence-corrected chi connectivity index (χ1v) is 5.85. The highest BCUT2D eigenvalue weighted by Crippen LogP contribution is 2.13. The minimum atomic E-state index is -3.92. The van der Waals surface area contributed by atoms with Gasteiger partial charge in [0.15, 0.2) is 0 Å². The minimum absolute atomic E-state index is 0.0137. The average Bonchev–Trinajstić information content (AvgIpc) is 2.24. The Morgan fingerprint density at radius 3 is 2.62 bits per heavy atom. The molecule has 16 heavy (non-hydrogen) atoms. The third-order valence-electron chi connectivity index (χ3n) is 1.79. The van der Waals surface area contributed by atoms with Gasteiger partial charge in [0.25, 0.3) is 5.91 Å². The smallest absolute Gasteiger partial charge is 0.253 e. The molecule has 1 aromatic carbocycles. The van der Waals surface area contributed by atoms with Crippen LogP contribution >= 0.6 is 0 Å². The van der Waals surface area contributed by atoms with Crippen molar-refractivity contribution >= 4 is 15.9 Å². The third kappa shape index (κ3) is 2.82. The lowest BCUT2D eigenvalue weighted by Crippen LogP contribution is -2.26. The van der Waals surface area contributed by atoms with E-state index in [4.69, 9.17) is 11.6 Å². The third-order valence-corrected chi connectivity index (χ3v) is 2.76. The maximum absolute atomic E-state index is 11.5. The first kappa shape index (κ1) is 12.2. The topological polar surface area (TPSA) is 89.3 Å². The fourth-order valence-electron chi connectivity index (χ4n) is 1.13. The van der Waals surface area contributed by atoms with E-state index in [1.54, 1.807) is 6.07 Å². The van der Waals surface area contributed by atoms with E-state index < -0.39 is 15.9 Å². The minimum Gasteiger partial charge on any atom is -0.341 e. The summed E-state index contributed by atoms with van der Waals surface area (Å²) >= 11 is 0. The van der Waals surface area contributed by atoms with Crippen molar-refractivity contribution in [3.8, 4) is 12.3 Å². The van der Waals surface area contributed by atoms with Gasteiger partial charge in [-0.25, -0.2) is 13.6 Å². The number of terminal acetylenes is 1. The van der Waals surface area contributed by atoms with Crippen molar-refractivity contribution in [1.82, 2.24) is 5.32 Å². The molecule has 5 nitrogen and oxygen atoms in total. The van der Waals surface area contributed by atoms with Gasteiger partial charge in [0, 0.05) is 0 Å². The molecule has 0 aliphatic carbocycles. The second kappa shape index (κ2) is 4.79. The van der Waals surface area contributed by atoms with Crippen LogP contribution in [0.1, 0.15) is 10.4 Å². The van der Waals surface area contributed by atoms with Gasteiger partial charge >= 0.3 is 0 Å². The molecular formula is C10H10N2O3S. The summed E-state index contributed by atoms with van der Waals surface area (Å²) in [5, 5.41) is 7.34. The summed E-state index contributed by atoms with van der Waals surface area (Å²) in [5.74, 6) is 1.65. The van der Waals surface area contributed by atoms with Crippen LogP contribution in [-0.4, -0.2) is 20.9 Å². The molecule has 0 saturated heterocycles. The van der Waals surface area contributed by atoms with E-state index in [1.807, 2.05) is 0 Å². The van der Waals surface area contributed by atoms with Gasteiger partial charge < -0.3 is 5.32 Å². The van der Waals surface area contributed by atoms with Crippen LogP contribution in [0.25, 0.3) is 0 Å². The summed E-state index contributed by atoms with van der Waals surface area (Å²) in [6.07, 6.45) is 4.97. The number of carbonyl (C=O) groups excluding carboxylic acids is 1. The Balaban J connectivity index is 3.15. The zero-order valence-electron chi connectivity index (χ0n) is 8.30. The van der Waals surface area contributed by atoms with Gasteiger partial charge in [-0.2, -0.15) is 0 Å². The summed E-state index contributed by atoms with van der Waals surface area (Å²) in [6, 6.07) is 5.66. The van der Waals surface area contributed by atoms with Gasteiger partial charge in [-0.3, -0.25) is 4.79 Å². The maximum Gasteiger partial charge on any atom is 0.253 e. The second-order valence-electron chi connectivity index (χ2n) is 2.93. The zero-order chi connectivity index (χ0) is 12.2. The quantitative estimate of drug-likeness (QED) is 0.708. The molecule has 84 valence electrons. The highest BCUT2D eigenvalue weighted by Gasteiger charge is 2.17. The molecule has 0 spiro atoms. The fourth-order valence-corrected chi connectivity index (χ4v) is 1.86. The van der Waals surface area contributed by atoms with E-state index in [0.717, 1.165) is 0 Å². The number of amides is 1. The molecular weight excluding hydrogens is 228 g/mol. The Labute approximate surface area is 93.7 Å². The second-order valence-corrected chi connectivity index (χ2v) is 4.46. The molecule has 0 fully saturated rings. The molecule has 0 bridgehead atoms. The highest BCUT2D eigenvalue weighted by atomic mass is 32.2. The largest absolute Gasteiger partial charge is 0.341 e. The summed E-state index contributed by atoms with van der Waals surface area (Å²) in [4.78, 5) is 11.3. The standard InChI is InChI=1S/C10H10N2O3S/c1-2-7-12-10(13)8-5-3-4-6-9(8)16(11,14)15/h1,3-6H,7H2,(H,12,13)(H2,11,14,15). The molecule has 0 aromatic heterocycles. The van der Waals surface area contributed by atoms with Crippen LogP contribution in [0, 0.1) is 12.3 Å². The number of primary sulfonamides is 1. The Kier molecular flexibility index (Phi) is 3.66. The van der Waals surface area contributed by atoms with Crippen LogP contribution in [0.5, 0.6) is 0 Å². The maximum atomic E-state index is 11.5. The number of nitrogens with two attached hydrogens (primary N) is 1. The first-order valence-electron chi connectivity index (χ1n) is 4.30. The molecule has 1 rings (SSSR count). The Morgan fingerprint density at radius 1 is 1.44 bits per heavy atom. The average molecular weight is 238 g/mol. The molecule has 1 amide bonds. The van der Waals surface area contributed by atoms with Crippen LogP contribution in [0.3, 0.4) is 0 Å². The van der Waals surface area contributed by atoms with Crippen molar-refractivity contribution in [2.75, 3.05) is 6.54 Å². The van der Waals surface area contributed by atoms with E-state index in [-0.39, 0.29) is 17.0 Å². The SMILES string of the molecule is C#CCNC(=O)c1ccccc1S(N)(=O)=O. The summed E-state index contributed by atoms with van der Waals surface area (Å²) in [7, 11) is -3.92. The molecule has 6 heteroatoms. The number of hydrogen-bond acceptors (Lipinski definition) is 3. The zero-order valence-corrected chi connectivity index (χ0v) is 9.12. The number of rotatable bonds is 3. The van der Waals surface area contributed by atoms with Crippen molar-refractivity contribution in [3.63, 3.8) is 0 Å². The highest BCUT2D eigenvalue weighted by molar-refractivity contribution is 7.89. The van der Waals surface area contributed by atoms with Gasteiger partial charge in [0.1, 0.15) is 0 Å². The van der Waals surface area contributed by atoms with Gasteiger partial charge in [-0.15, -0.1) is 6.42 Å². The van der Waals surface area contributed by atoms with Crippen molar-refractivity contribution in [2.24, 2.45) is 5.14 Å². The number of carbonyl (C=O) groups is 1. The van der Waals surface area contributed by atoms with Gasteiger partial charge in [0.05, 0.1) is 17.0 Å². The predicted molar refractivity (Wildman–Crippen MR) is 59.0 cm³/mol. The fraction of sp³-hybridized carbons (Fsp3) is 0.100. The lowest BCUT2D eigenvalue weighted by molar-refractivity contribution is 0.0955. The van der Waals surface area contributed by atoms with E-state index in [9.17, 15) is 13.2 Å². The Bertz CT molecular complexity index is 543. The summed E-state index contributed by atoms with van der Waals surface area (Å²) < 4.78 is 22.4. The lowest BCUT2D eigenvalue weighted by atomic mass is 10.2. The van der Waals surface area contributed by atoms with Crippen molar-refractivity contribution < 1.29 is 13.2 Å². The predicted octanol–water partition coefficient (Wildman–Crippen LogP) is -0.303. The van der Waals surface area contributed by atoms with Crippen LogP contribution in [0.4, 0.5) is 0 Å². The lowest BCUT2D eigenvalue weighted by Gasteiger charge is -2.06. The molecule has 1 aromatic rings. The number of nitrogens with one attached hydrogen (secondary N) is 1. The molecule has 0 unspecified atom stereocenters. The molecule has 0 heterocycles. The molecule has 0 aliphatic rings. The van der Waals surface area contributed by atoms with Gasteiger partial charge in [-0.05, 0) is 12.1 Å². The van der Waals surface area contributed by atoms with Crippen molar-refractivity contribution in [3.05, 3.63) is 29.8 Å². The molecule has 0 saturated carbocycles.